The number of hydrogen-bond acceptors (Lipinski definition) is 2. The molecule has 2 aliphatic rings. The molecule has 0 fully saturated rings. The van der Waals surface area contributed by atoms with E-state index in [1.54, 1.807) is 0 Å². The van der Waals surface area contributed by atoms with Gasteiger partial charge >= 0.3 is 6.18 Å². The van der Waals surface area contributed by atoms with Crippen LogP contribution in [0.5, 0.6) is 5.75 Å². The van der Waals surface area contributed by atoms with E-state index in [9.17, 15) is 22.4 Å². The molecule has 3 rings (SSSR count). The number of ether oxygens (including phenoxy) is 1. The topological polar surface area (TPSA) is 26.3 Å². The van der Waals surface area contributed by atoms with Gasteiger partial charge in [-0.1, -0.05) is 31.4 Å². The number of fused-ring (bicyclic) bond motifs is 3. The normalized spacial score (nSPS) is 22.5. The van der Waals surface area contributed by atoms with Gasteiger partial charge in [-0.3, -0.25) is 4.79 Å². The van der Waals surface area contributed by atoms with Crippen LogP contribution in [0.15, 0.2) is 11.6 Å². The van der Waals surface area contributed by atoms with E-state index in [0.717, 1.165) is 12.5 Å². The number of carbonyl (C=O) groups is 1. The largest absolute Gasteiger partial charge is 0.492 e. The Morgan fingerprint density at radius 3 is 2.62 bits per heavy atom. The van der Waals surface area contributed by atoms with Gasteiger partial charge in [0.1, 0.15) is 5.57 Å². The van der Waals surface area contributed by atoms with Crippen LogP contribution < -0.4 is 4.74 Å². The fraction of sp³-hybridized carbons (Fsp3) is 0.526. The maximum atomic E-state index is 14.4. The van der Waals surface area contributed by atoms with E-state index >= 15 is 0 Å². The number of alkyl halides is 3. The van der Waals surface area contributed by atoms with Gasteiger partial charge in [0.2, 0.25) is 0 Å². The van der Waals surface area contributed by atoms with Gasteiger partial charge in [-0.15, -0.1) is 0 Å². The van der Waals surface area contributed by atoms with Gasteiger partial charge < -0.3 is 4.74 Å². The second-order valence-corrected chi connectivity index (χ2v) is 7.34. The minimum atomic E-state index is -4.78. The minimum absolute atomic E-state index is 0.00533. The summed E-state index contributed by atoms with van der Waals surface area (Å²) in [6, 6.07) is 1.04. The Balaban J connectivity index is 2.34. The molecular formula is C19H19ClF4O2. The zero-order valence-electron chi connectivity index (χ0n) is 14.5. The van der Waals surface area contributed by atoms with Crippen LogP contribution in [0.1, 0.15) is 50.2 Å². The molecule has 142 valence electrons. The average molecular weight is 391 g/mol. The molecule has 7 heteroatoms. The predicted molar refractivity (Wildman–Crippen MR) is 90.8 cm³/mol. The molecule has 0 spiro atoms. The smallest absolute Gasteiger partial charge is 0.420 e. The standard InChI is InChI=1S/C19H19ClF4O2/c1-3-4-6-18-7-5-13(25)15(19(22,23)24)14(18)10-8-12(21)17(26-2)16(20)11(10)9-18/h8H,3-7,9H2,1-2H3. The van der Waals surface area contributed by atoms with Crippen molar-refractivity contribution in [3.63, 3.8) is 0 Å². The lowest BCUT2D eigenvalue weighted by Crippen LogP contribution is -2.34. The Hall–Kier alpha value is -1.56. The van der Waals surface area contributed by atoms with Crippen LogP contribution in [0.4, 0.5) is 17.6 Å². The summed E-state index contributed by atoms with van der Waals surface area (Å²) < 4.78 is 60.5. The fourth-order valence-electron chi connectivity index (χ4n) is 4.32. The van der Waals surface area contributed by atoms with Gasteiger partial charge in [0, 0.05) is 11.8 Å². The number of methoxy groups -OCH3 is 1. The molecule has 26 heavy (non-hydrogen) atoms. The molecule has 1 unspecified atom stereocenters. The molecule has 0 saturated heterocycles. The number of rotatable bonds is 4. The SMILES string of the molecule is CCCCC12CCC(=O)C(C(F)(F)F)=C1c1cc(F)c(OC)c(Cl)c1C2. The van der Waals surface area contributed by atoms with Crippen LogP contribution in [0.2, 0.25) is 5.02 Å². The molecule has 0 aliphatic heterocycles. The molecule has 0 radical (unpaired) electrons. The Bertz CT molecular complexity index is 798. The molecule has 0 saturated carbocycles. The lowest BCUT2D eigenvalue weighted by molar-refractivity contribution is -0.130. The number of halogens is 5. The van der Waals surface area contributed by atoms with Gasteiger partial charge in [-0.2, -0.15) is 13.2 Å². The molecule has 2 nitrogen and oxygen atoms in total. The third-order valence-electron chi connectivity index (χ3n) is 5.45. The molecule has 0 N–H and O–H groups in total. The first-order chi connectivity index (χ1) is 12.2. The molecule has 0 amide bonds. The molecule has 0 bridgehead atoms. The molecule has 0 heterocycles. The number of ketones is 1. The third-order valence-corrected chi connectivity index (χ3v) is 5.85. The van der Waals surface area contributed by atoms with Crippen molar-refractivity contribution in [2.24, 2.45) is 5.41 Å². The zero-order chi connectivity index (χ0) is 19.3. The number of Topliss-reactive ketones (excluding diaryl/α,β-unsaturated/α-hetero) is 1. The highest BCUT2D eigenvalue weighted by Crippen LogP contribution is 2.60. The van der Waals surface area contributed by atoms with Crippen molar-refractivity contribution < 1.29 is 27.1 Å². The van der Waals surface area contributed by atoms with E-state index in [0.29, 0.717) is 24.8 Å². The van der Waals surface area contributed by atoms with Crippen LogP contribution in [0.3, 0.4) is 0 Å². The first-order valence-corrected chi connectivity index (χ1v) is 8.94. The first-order valence-electron chi connectivity index (χ1n) is 8.56. The Morgan fingerprint density at radius 2 is 2.04 bits per heavy atom. The van der Waals surface area contributed by atoms with Crippen LogP contribution in [0.25, 0.3) is 5.57 Å². The molecule has 1 aromatic carbocycles. The zero-order valence-corrected chi connectivity index (χ0v) is 15.3. The van der Waals surface area contributed by atoms with E-state index in [1.807, 2.05) is 6.92 Å². The molecule has 1 atom stereocenters. The van der Waals surface area contributed by atoms with Crippen LogP contribution in [-0.4, -0.2) is 19.1 Å². The lowest BCUT2D eigenvalue weighted by atomic mass is 9.67. The van der Waals surface area contributed by atoms with Crippen molar-refractivity contribution in [3.05, 3.63) is 33.6 Å². The number of hydrogen-bond donors (Lipinski definition) is 0. The summed E-state index contributed by atoms with van der Waals surface area (Å²) in [6.07, 6.45) is -2.33. The minimum Gasteiger partial charge on any atom is -0.492 e. The van der Waals surface area contributed by atoms with E-state index in [-0.39, 0.29) is 34.8 Å². The highest BCUT2D eigenvalue weighted by Gasteiger charge is 2.54. The van der Waals surface area contributed by atoms with Crippen LogP contribution in [-0.2, 0) is 11.2 Å². The number of benzene rings is 1. The number of unbranched alkanes of at least 4 members (excludes halogenated alkanes) is 1. The first kappa shape index (κ1) is 19.2. The molecule has 1 aromatic rings. The number of allylic oxidation sites excluding steroid dienone is 2. The number of carbonyl (C=O) groups excluding carboxylic acids is 1. The highest BCUT2D eigenvalue weighted by molar-refractivity contribution is 6.33. The van der Waals surface area contributed by atoms with E-state index in [1.165, 1.54) is 7.11 Å². The quantitative estimate of drug-likeness (QED) is 0.598. The monoisotopic (exact) mass is 390 g/mol. The van der Waals surface area contributed by atoms with E-state index in [2.05, 4.69) is 0 Å². The van der Waals surface area contributed by atoms with E-state index in [4.69, 9.17) is 16.3 Å². The maximum Gasteiger partial charge on any atom is 0.420 e. The van der Waals surface area contributed by atoms with Gasteiger partial charge in [-0.05, 0) is 42.0 Å². The van der Waals surface area contributed by atoms with Crippen LogP contribution in [0, 0.1) is 11.2 Å². The molecular weight excluding hydrogens is 372 g/mol. The Kier molecular flexibility index (Phi) is 4.84. The summed E-state index contributed by atoms with van der Waals surface area (Å²) in [5, 5.41) is -0.00533. The van der Waals surface area contributed by atoms with Crippen molar-refractivity contribution in [2.75, 3.05) is 7.11 Å². The van der Waals surface area contributed by atoms with Crippen molar-refractivity contribution >= 4 is 23.0 Å². The molecule has 0 aromatic heterocycles. The van der Waals surface area contributed by atoms with Gasteiger partial charge in [0.15, 0.2) is 17.3 Å². The summed E-state index contributed by atoms with van der Waals surface area (Å²) in [5.74, 6) is -1.93. The van der Waals surface area contributed by atoms with Crippen molar-refractivity contribution in [1.82, 2.24) is 0 Å². The van der Waals surface area contributed by atoms with Gasteiger partial charge in [0.05, 0.1) is 12.1 Å². The van der Waals surface area contributed by atoms with Crippen molar-refractivity contribution in [1.29, 1.82) is 0 Å². The second kappa shape index (κ2) is 6.55. The highest BCUT2D eigenvalue weighted by atomic mass is 35.5. The third kappa shape index (κ3) is 2.82. The fourth-order valence-corrected chi connectivity index (χ4v) is 4.65. The maximum absolute atomic E-state index is 14.4. The predicted octanol–water partition coefficient (Wildman–Crippen LogP) is 5.90. The Labute approximate surface area is 154 Å². The van der Waals surface area contributed by atoms with Crippen LogP contribution >= 0.6 is 11.6 Å². The van der Waals surface area contributed by atoms with Gasteiger partial charge in [-0.25, -0.2) is 4.39 Å². The molecule has 2 aliphatic carbocycles. The lowest BCUT2D eigenvalue weighted by Gasteiger charge is -2.37. The van der Waals surface area contributed by atoms with Crippen molar-refractivity contribution in [2.45, 2.75) is 51.6 Å². The average Bonchev–Trinajstić information content (AvgIpc) is 2.87. The van der Waals surface area contributed by atoms with Crippen molar-refractivity contribution in [3.8, 4) is 5.75 Å². The summed E-state index contributed by atoms with van der Waals surface area (Å²) in [4.78, 5) is 12.2. The summed E-state index contributed by atoms with van der Waals surface area (Å²) in [5.41, 5.74) is -1.51. The second-order valence-electron chi connectivity index (χ2n) is 6.96. The van der Waals surface area contributed by atoms with Gasteiger partial charge in [0.25, 0.3) is 0 Å². The van der Waals surface area contributed by atoms with E-state index < -0.39 is 28.8 Å². The Morgan fingerprint density at radius 1 is 1.35 bits per heavy atom. The summed E-state index contributed by atoms with van der Waals surface area (Å²) >= 11 is 6.27. The summed E-state index contributed by atoms with van der Waals surface area (Å²) in [6.45, 7) is 1.95. The summed E-state index contributed by atoms with van der Waals surface area (Å²) in [7, 11) is 1.26.